The summed E-state index contributed by atoms with van der Waals surface area (Å²) < 4.78 is 28.9. The molecule has 0 saturated heterocycles. The monoisotopic (exact) mass is 741 g/mol. The van der Waals surface area contributed by atoms with Crippen LogP contribution in [0.1, 0.15) is 117 Å². The van der Waals surface area contributed by atoms with Crippen molar-refractivity contribution in [2.75, 3.05) is 0 Å². The summed E-state index contributed by atoms with van der Waals surface area (Å²) in [6.07, 6.45) is 13.4. The van der Waals surface area contributed by atoms with Gasteiger partial charge in [0.05, 0.1) is 16.0 Å². The normalized spacial score (nSPS) is 35.8. The van der Waals surface area contributed by atoms with Crippen LogP contribution in [0.5, 0.6) is 0 Å². The van der Waals surface area contributed by atoms with Crippen molar-refractivity contribution in [2.24, 2.45) is 44.8 Å². The van der Waals surface area contributed by atoms with E-state index < -0.39 is 10.0 Å². The van der Waals surface area contributed by atoms with E-state index >= 15 is 0 Å². The fraction of sp³-hybridized carbons (Fsp3) is 0.591. The Kier molecular flexibility index (Phi) is 8.19. The lowest BCUT2D eigenvalue weighted by molar-refractivity contribution is -0.167. The van der Waals surface area contributed by atoms with Crippen LogP contribution < -0.4 is 5.32 Å². The van der Waals surface area contributed by atoms with Gasteiger partial charge in [0.15, 0.2) is 0 Å². The van der Waals surface area contributed by atoms with Crippen LogP contribution >= 0.6 is 11.6 Å². The number of carbonyl (C=O) groups is 1. The third-order valence-electron chi connectivity index (χ3n) is 15.8. The number of rotatable bonds is 5. The van der Waals surface area contributed by atoms with Gasteiger partial charge in [-0.05, 0) is 133 Å². The number of fused-ring (bicyclic) bond motifs is 8. The molecule has 0 bridgehead atoms. The minimum absolute atomic E-state index is 0.0162. The Morgan fingerprint density at radius 3 is 2.31 bits per heavy atom. The van der Waals surface area contributed by atoms with Crippen molar-refractivity contribution in [1.82, 2.24) is 14.5 Å². The van der Waals surface area contributed by atoms with Crippen molar-refractivity contribution in [3.8, 4) is 0 Å². The Morgan fingerprint density at radius 2 is 1.60 bits per heavy atom. The molecule has 5 aliphatic carbocycles. The topological polar surface area (TPSA) is 81.1 Å². The van der Waals surface area contributed by atoms with Crippen LogP contribution in [0.4, 0.5) is 0 Å². The molecule has 3 fully saturated rings. The Labute approximate surface area is 316 Å². The minimum atomic E-state index is -3.86. The first-order valence-corrected chi connectivity index (χ1v) is 21.3. The first-order chi connectivity index (χ1) is 24.4. The smallest absolute Gasteiger partial charge is 0.282 e. The molecule has 3 saturated carbocycles. The largest absolute Gasteiger partial charge is 0.352 e. The van der Waals surface area contributed by atoms with Gasteiger partial charge in [-0.3, -0.25) is 4.79 Å². The average Bonchev–Trinajstić information content (AvgIpc) is 3.53. The third kappa shape index (κ3) is 5.10. The average molecular weight is 742 g/mol. The zero-order valence-electron chi connectivity index (χ0n) is 32.1. The van der Waals surface area contributed by atoms with Crippen LogP contribution in [0.2, 0.25) is 5.02 Å². The molecule has 6 nitrogen and oxygen atoms in total. The Bertz CT molecular complexity index is 2050. The molecule has 5 aliphatic rings. The molecular weight excluding hydrogens is 686 g/mol. The number of hydrogen-bond acceptors (Lipinski definition) is 4. The fourth-order valence-corrected chi connectivity index (χ4v) is 14.2. The summed E-state index contributed by atoms with van der Waals surface area (Å²) in [6.45, 7) is 17.6. The maximum Gasteiger partial charge on any atom is 0.282 e. The number of benzene rings is 2. The van der Waals surface area contributed by atoms with E-state index in [0.29, 0.717) is 23.4 Å². The quantitative estimate of drug-likeness (QED) is 0.264. The molecular formula is C44H56ClN3O3S. The van der Waals surface area contributed by atoms with Gasteiger partial charge in [0, 0.05) is 23.2 Å². The molecule has 7 atom stereocenters. The molecule has 0 aliphatic heterocycles. The molecule has 0 spiro atoms. The highest BCUT2D eigenvalue weighted by Gasteiger charge is 2.69. The van der Waals surface area contributed by atoms with Gasteiger partial charge in [0.2, 0.25) is 5.91 Å². The van der Waals surface area contributed by atoms with Gasteiger partial charge in [0.25, 0.3) is 10.0 Å². The van der Waals surface area contributed by atoms with E-state index in [0.717, 1.165) is 74.6 Å². The summed E-state index contributed by atoms with van der Waals surface area (Å²) in [7, 11) is -3.86. The molecule has 1 heterocycles. The van der Waals surface area contributed by atoms with E-state index in [9.17, 15) is 13.2 Å². The maximum absolute atomic E-state index is 14.5. The van der Waals surface area contributed by atoms with Crippen molar-refractivity contribution in [1.29, 1.82) is 0 Å². The van der Waals surface area contributed by atoms with Crippen LogP contribution in [-0.2, 0) is 33.2 Å². The summed E-state index contributed by atoms with van der Waals surface area (Å²) in [4.78, 5) is 14.7. The molecule has 2 aromatic carbocycles. The number of nitrogens with one attached hydrogen (secondary N) is 1. The van der Waals surface area contributed by atoms with E-state index in [1.807, 2.05) is 18.2 Å². The van der Waals surface area contributed by atoms with E-state index in [1.54, 1.807) is 36.0 Å². The van der Waals surface area contributed by atoms with E-state index in [2.05, 4.69) is 72.0 Å². The van der Waals surface area contributed by atoms with Crippen LogP contribution in [-0.4, -0.2) is 23.5 Å². The van der Waals surface area contributed by atoms with Gasteiger partial charge in [-0.1, -0.05) is 102 Å². The van der Waals surface area contributed by atoms with Crippen LogP contribution in [0.15, 0.2) is 77.3 Å². The van der Waals surface area contributed by atoms with Gasteiger partial charge in [0.1, 0.15) is 0 Å². The van der Waals surface area contributed by atoms with Gasteiger partial charge in [-0.25, -0.2) is 0 Å². The molecule has 1 amide bonds. The molecule has 8 rings (SSSR count). The van der Waals surface area contributed by atoms with Crippen molar-refractivity contribution < 1.29 is 13.2 Å². The number of hydrogen-bond donors (Lipinski definition) is 1. The summed E-state index contributed by atoms with van der Waals surface area (Å²) in [5.41, 5.74) is 4.19. The second-order valence-corrected chi connectivity index (χ2v) is 21.5. The molecule has 1 N–H and O–H groups in total. The van der Waals surface area contributed by atoms with Gasteiger partial charge < -0.3 is 5.32 Å². The first-order valence-electron chi connectivity index (χ1n) is 19.5. The third-order valence-corrected chi connectivity index (χ3v) is 17.6. The van der Waals surface area contributed by atoms with E-state index in [-0.39, 0.29) is 49.2 Å². The lowest BCUT2D eigenvalue weighted by Crippen LogP contribution is -2.65. The molecule has 8 heteroatoms. The van der Waals surface area contributed by atoms with Crippen LogP contribution in [0.25, 0.3) is 0 Å². The molecule has 0 radical (unpaired) electrons. The second kappa shape index (κ2) is 11.8. The minimum Gasteiger partial charge on any atom is -0.352 e. The van der Waals surface area contributed by atoms with Crippen molar-refractivity contribution in [3.05, 3.63) is 94.3 Å². The van der Waals surface area contributed by atoms with Gasteiger partial charge >= 0.3 is 0 Å². The zero-order valence-corrected chi connectivity index (χ0v) is 33.6. The van der Waals surface area contributed by atoms with Crippen molar-refractivity contribution in [3.63, 3.8) is 0 Å². The molecule has 278 valence electrons. The number of carbonyl (C=O) groups excluding carboxylic acids is 1. The first kappa shape index (κ1) is 36.1. The Hall–Kier alpha value is -2.90. The second-order valence-electron chi connectivity index (χ2n) is 19.3. The number of nitrogens with zero attached hydrogens (tertiary/aromatic N) is 2. The SMILES string of the molecule is CC1(C)CC[C@]2(C(=O)NCc3ccccc3)CC[C@]3(C)C(=CC[C@@H]4[C@@]5(C)Cc6cn(S(=O)(=O)c7ccc(Cl)cc7)nc6C(C)(C)[C@H]5CC[C@]43C)[C@@H]2C1. The summed E-state index contributed by atoms with van der Waals surface area (Å²) in [5, 5.41) is 8.78. The lowest BCUT2D eigenvalue weighted by Gasteiger charge is -2.70. The van der Waals surface area contributed by atoms with Gasteiger partial charge in [-0.15, -0.1) is 0 Å². The fourth-order valence-electron chi connectivity index (χ4n) is 12.9. The predicted molar refractivity (Wildman–Crippen MR) is 207 cm³/mol. The standard InChI is InChI=1S/C44H56ClN3O3S/c1-39(2)21-23-44(38(49)46-27-29-11-9-8-10-12-29)24-22-42(6)33(34(44)26-39)17-18-36-41(5)25-30-28-48(52(50,51)32-15-13-31(45)14-16-32)47-37(30)40(3,4)35(41)19-20-43(36,42)7/h8-17,28,34-36H,18-27H2,1-7H3,(H,46,49)/t34-,35+,36+,41-,42+,43+,44-/m0/s1. The number of amides is 1. The van der Waals surface area contributed by atoms with Crippen LogP contribution in [0, 0.1) is 44.8 Å². The van der Waals surface area contributed by atoms with Crippen molar-refractivity contribution in [2.45, 2.75) is 123 Å². The number of aromatic nitrogens is 2. The highest BCUT2D eigenvalue weighted by molar-refractivity contribution is 7.89. The maximum atomic E-state index is 14.5. The summed E-state index contributed by atoms with van der Waals surface area (Å²) in [6, 6.07) is 16.6. The highest BCUT2D eigenvalue weighted by atomic mass is 35.5. The molecule has 52 heavy (non-hydrogen) atoms. The Balaban J connectivity index is 1.15. The molecule has 3 aromatic rings. The lowest BCUT2D eigenvalue weighted by atomic mass is 9.33. The zero-order chi connectivity index (χ0) is 37.1. The Morgan fingerprint density at radius 1 is 0.904 bits per heavy atom. The summed E-state index contributed by atoms with van der Waals surface area (Å²) >= 11 is 6.09. The van der Waals surface area contributed by atoms with E-state index in [4.69, 9.17) is 16.7 Å². The predicted octanol–water partition coefficient (Wildman–Crippen LogP) is 9.91. The molecule has 1 aromatic heterocycles. The summed E-state index contributed by atoms with van der Waals surface area (Å²) in [5.74, 6) is 1.27. The van der Waals surface area contributed by atoms with Crippen LogP contribution in [0.3, 0.4) is 0 Å². The molecule has 0 unspecified atom stereocenters. The van der Waals surface area contributed by atoms with Gasteiger partial charge in [-0.2, -0.15) is 17.6 Å². The highest BCUT2D eigenvalue weighted by Crippen LogP contribution is 2.75. The van der Waals surface area contributed by atoms with E-state index in [1.165, 1.54) is 4.09 Å². The number of allylic oxidation sites excluding steroid dienone is 2. The van der Waals surface area contributed by atoms with Crippen molar-refractivity contribution >= 4 is 27.5 Å². The number of halogens is 1.